The summed E-state index contributed by atoms with van der Waals surface area (Å²) in [6.07, 6.45) is -4.81. The summed E-state index contributed by atoms with van der Waals surface area (Å²) in [5.41, 5.74) is 0.962. The molecule has 1 unspecified atom stereocenters. The van der Waals surface area contributed by atoms with Gasteiger partial charge in [0.2, 0.25) is 5.91 Å². The molecule has 0 spiro atoms. The number of carbonyl (C=O) groups is 2. The molecule has 14 heteroatoms. The van der Waals surface area contributed by atoms with Crippen molar-refractivity contribution in [1.29, 1.82) is 0 Å². The summed E-state index contributed by atoms with van der Waals surface area (Å²) in [7, 11) is 1.32. The number of benzene rings is 1. The van der Waals surface area contributed by atoms with Gasteiger partial charge in [-0.2, -0.15) is 5.10 Å². The highest BCUT2D eigenvalue weighted by Gasteiger charge is 2.31. The smallest absolute Gasteiger partial charge is 0.338 e. The number of piperidine rings is 1. The Morgan fingerprint density at radius 3 is 2.60 bits per heavy atom. The molecule has 1 aromatic carbocycles. The predicted molar refractivity (Wildman–Crippen MR) is 136 cm³/mol. The Bertz CT molecular complexity index is 1420. The second-order valence-electron chi connectivity index (χ2n) is 9.39. The number of likely N-dealkylation sites (tertiary alicyclic amines) is 1. The molecule has 212 valence electrons. The molecule has 0 N–H and O–H groups in total. The summed E-state index contributed by atoms with van der Waals surface area (Å²) in [5.74, 6) is -0.821. The third kappa shape index (κ3) is 5.71. The summed E-state index contributed by atoms with van der Waals surface area (Å²) in [6.45, 7) is 0.224. The lowest BCUT2D eigenvalue weighted by Gasteiger charge is -2.31. The largest absolute Gasteiger partial charge is 0.465 e. The number of alkyl halides is 4. The summed E-state index contributed by atoms with van der Waals surface area (Å²) in [5, 5.41) is 10.5. The minimum Gasteiger partial charge on any atom is -0.465 e. The zero-order valence-corrected chi connectivity index (χ0v) is 22.1. The molecule has 40 heavy (non-hydrogen) atoms. The van der Waals surface area contributed by atoms with E-state index in [0.29, 0.717) is 65.6 Å². The molecular weight excluding hydrogens is 554 g/mol. The molecular formula is C26H25F4N5O4S. The Balaban J connectivity index is 1.18. The molecule has 2 aliphatic rings. The fraction of sp³-hybridized carbons (Fsp3) is 0.423. The van der Waals surface area contributed by atoms with Crippen LogP contribution in [0.1, 0.15) is 82.1 Å². The SMILES string of the molecule is COC(=O)c1ccccc1C1CC(c2csc(C3CCN(C(=O)Cn4nc(C(F)F)cc4C(F)F)CC3)n2)=NO1. The van der Waals surface area contributed by atoms with Gasteiger partial charge in [0.25, 0.3) is 12.9 Å². The van der Waals surface area contributed by atoms with Gasteiger partial charge in [-0.05, 0) is 25.0 Å². The van der Waals surface area contributed by atoms with E-state index in [-0.39, 0.29) is 5.92 Å². The molecule has 3 aromatic rings. The summed E-state index contributed by atoms with van der Waals surface area (Å²) in [6, 6.07) is 7.67. The van der Waals surface area contributed by atoms with E-state index >= 15 is 0 Å². The van der Waals surface area contributed by atoms with Crippen LogP contribution in [0.3, 0.4) is 0 Å². The summed E-state index contributed by atoms with van der Waals surface area (Å²) >= 11 is 1.48. The second kappa shape index (κ2) is 11.7. The van der Waals surface area contributed by atoms with Crippen LogP contribution in [-0.2, 0) is 20.9 Å². The van der Waals surface area contributed by atoms with E-state index in [1.807, 2.05) is 11.4 Å². The van der Waals surface area contributed by atoms with Crippen LogP contribution < -0.4 is 0 Å². The lowest BCUT2D eigenvalue weighted by molar-refractivity contribution is -0.133. The quantitative estimate of drug-likeness (QED) is 0.266. The zero-order chi connectivity index (χ0) is 28.4. The Morgan fingerprint density at radius 1 is 1.15 bits per heavy atom. The molecule has 9 nitrogen and oxygen atoms in total. The molecule has 0 bridgehead atoms. The summed E-state index contributed by atoms with van der Waals surface area (Å²) < 4.78 is 57.9. The first kappa shape index (κ1) is 27.7. The number of esters is 1. The number of halogens is 4. The van der Waals surface area contributed by atoms with Crippen LogP contribution in [0.5, 0.6) is 0 Å². The number of thiazole rings is 1. The Labute approximate surface area is 230 Å². The van der Waals surface area contributed by atoms with Gasteiger partial charge in [0.15, 0.2) is 6.10 Å². The van der Waals surface area contributed by atoms with Gasteiger partial charge in [-0.1, -0.05) is 23.4 Å². The monoisotopic (exact) mass is 579 g/mol. The highest BCUT2D eigenvalue weighted by Crippen LogP contribution is 2.35. The number of hydrogen-bond acceptors (Lipinski definition) is 8. The maximum atomic E-state index is 13.3. The number of amides is 1. The van der Waals surface area contributed by atoms with Gasteiger partial charge in [0, 0.05) is 36.4 Å². The van der Waals surface area contributed by atoms with Crippen LogP contribution in [0.4, 0.5) is 17.6 Å². The highest BCUT2D eigenvalue weighted by molar-refractivity contribution is 7.10. The predicted octanol–water partition coefficient (Wildman–Crippen LogP) is 5.27. The van der Waals surface area contributed by atoms with Crippen molar-refractivity contribution >= 4 is 28.9 Å². The summed E-state index contributed by atoms with van der Waals surface area (Å²) in [4.78, 5) is 36.8. The molecule has 1 atom stereocenters. The molecule has 1 fully saturated rings. The number of oxime groups is 1. The van der Waals surface area contributed by atoms with Gasteiger partial charge >= 0.3 is 5.97 Å². The van der Waals surface area contributed by atoms with Crippen molar-refractivity contribution in [3.05, 3.63) is 68.9 Å². The average Bonchev–Trinajstić information content (AvgIpc) is 3.72. The van der Waals surface area contributed by atoms with E-state index in [9.17, 15) is 27.2 Å². The maximum absolute atomic E-state index is 13.3. The number of hydrogen-bond donors (Lipinski definition) is 0. The Hall–Kier alpha value is -3.81. The van der Waals surface area contributed by atoms with Crippen LogP contribution in [0.25, 0.3) is 0 Å². The lowest BCUT2D eigenvalue weighted by Crippen LogP contribution is -2.40. The molecule has 1 saturated heterocycles. The molecule has 4 heterocycles. The van der Waals surface area contributed by atoms with Crippen LogP contribution in [0.15, 0.2) is 40.9 Å². The van der Waals surface area contributed by atoms with Crippen molar-refractivity contribution < 1.29 is 36.7 Å². The number of rotatable bonds is 8. The Kier molecular flexibility index (Phi) is 8.14. The van der Waals surface area contributed by atoms with E-state index in [2.05, 4.69) is 10.3 Å². The van der Waals surface area contributed by atoms with Crippen LogP contribution in [0.2, 0.25) is 0 Å². The normalized spacial score (nSPS) is 17.8. The average molecular weight is 580 g/mol. The van der Waals surface area contributed by atoms with Gasteiger partial charge < -0.3 is 14.5 Å². The second-order valence-corrected chi connectivity index (χ2v) is 10.3. The molecule has 2 aromatic heterocycles. The van der Waals surface area contributed by atoms with E-state index in [1.165, 1.54) is 23.3 Å². The number of aromatic nitrogens is 3. The number of methoxy groups -OCH3 is 1. The molecule has 0 radical (unpaired) electrons. The molecule has 5 rings (SSSR count). The minimum absolute atomic E-state index is 0.0910. The fourth-order valence-electron chi connectivity index (χ4n) is 4.84. The Morgan fingerprint density at radius 2 is 1.90 bits per heavy atom. The zero-order valence-electron chi connectivity index (χ0n) is 21.3. The standard InChI is InChI=1S/C26H25F4N5O4S/c1-38-26(37)16-5-3-2-4-15(16)21-11-17(33-39-21)19-13-40-25(31-19)14-6-8-34(9-7-14)22(36)12-35-20(24(29)30)10-18(32-35)23(27)28/h2-5,10,13-14,21,23-24H,6-9,11-12H2,1H3. The van der Waals surface area contributed by atoms with Crippen LogP contribution >= 0.6 is 11.3 Å². The number of nitrogens with zero attached hydrogens (tertiary/aromatic N) is 5. The molecule has 2 aliphatic heterocycles. The third-order valence-electron chi connectivity index (χ3n) is 6.96. The first-order chi connectivity index (χ1) is 19.2. The van der Waals surface area contributed by atoms with Crippen molar-refractivity contribution in [3.8, 4) is 0 Å². The fourth-order valence-corrected chi connectivity index (χ4v) is 5.84. The van der Waals surface area contributed by atoms with Gasteiger partial charge in [0.05, 0.1) is 23.4 Å². The van der Waals surface area contributed by atoms with Gasteiger partial charge in [-0.15, -0.1) is 11.3 Å². The van der Waals surface area contributed by atoms with E-state index in [4.69, 9.17) is 14.6 Å². The van der Waals surface area contributed by atoms with Gasteiger partial charge in [0.1, 0.15) is 23.6 Å². The van der Waals surface area contributed by atoms with E-state index in [0.717, 1.165) is 5.01 Å². The highest BCUT2D eigenvalue weighted by atomic mass is 32.1. The van der Waals surface area contributed by atoms with E-state index in [1.54, 1.807) is 18.2 Å². The molecule has 1 amide bonds. The van der Waals surface area contributed by atoms with Gasteiger partial charge in [-0.25, -0.2) is 27.3 Å². The maximum Gasteiger partial charge on any atom is 0.338 e. The topological polar surface area (TPSA) is 98.9 Å². The lowest BCUT2D eigenvalue weighted by atomic mass is 9.97. The third-order valence-corrected chi connectivity index (χ3v) is 7.97. The van der Waals surface area contributed by atoms with Crippen molar-refractivity contribution in [3.63, 3.8) is 0 Å². The van der Waals surface area contributed by atoms with Gasteiger partial charge in [-0.3, -0.25) is 9.48 Å². The number of ether oxygens (including phenoxy) is 1. The minimum atomic E-state index is -3.02. The number of carbonyl (C=O) groups excluding carboxylic acids is 2. The van der Waals surface area contributed by atoms with Crippen molar-refractivity contribution in [2.24, 2.45) is 5.16 Å². The first-order valence-electron chi connectivity index (χ1n) is 12.5. The van der Waals surface area contributed by atoms with Crippen LogP contribution in [-0.4, -0.2) is 57.5 Å². The van der Waals surface area contributed by atoms with Crippen molar-refractivity contribution in [2.45, 2.75) is 50.7 Å². The van der Waals surface area contributed by atoms with Crippen molar-refractivity contribution in [2.75, 3.05) is 20.2 Å². The van der Waals surface area contributed by atoms with E-state index < -0.39 is 48.8 Å². The molecule has 0 aliphatic carbocycles. The first-order valence-corrected chi connectivity index (χ1v) is 13.4. The van der Waals surface area contributed by atoms with Crippen LogP contribution in [0, 0.1) is 0 Å². The van der Waals surface area contributed by atoms with Crippen molar-refractivity contribution in [1.82, 2.24) is 19.7 Å². The molecule has 0 saturated carbocycles.